The van der Waals surface area contributed by atoms with Crippen molar-refractivity contribution >= 4 is 12.1 Å². The van der Waals surface area contributed by atoms with E-state index in [1.807, 2.05) is 0 Å². The van der Waals surface area contributed by atoms with Crippen LogP contribution in [0.4, 0.5) is 4.79 Å². The van der Waals surface area contributed by atoms with Crippen molar-refractivity contribution in [3.8, 4) is 0 Å². The molecule has 1 amide bonds. The van der Waals surface area contributed by atoms with Crippen LogP contribution in [0.25, 0.3) is 0 Å². The fourth-order valence-corrected chi connectivity index (χ4v) is 1.46. The Labute approximate surface area is 94.0 Å². The average Bonchev–Trinajstić information content (AvgIpc) is 2.51. The highest BCUT2D eigenvalue weighted by Crippen LogP contribution is 2.12. The van der Waals surface area contributed by atoms with Crippen LogP contribution >= 0.6 is 0 Å². The average molecular weight is 225 g/mol. The number of hydrogen-bond donors (Lipinski definition) is 1. The van der Waals surface area contributed by atoms with E-state index < -0.39 is 12.1 Å². The van der Waals surface area contributed by atoms with Gasteiger partial charge in [0.2, 0.25) is 0 Å². The van der Waals surface area contributed by atoms with Gasteiger partial charge in [-0.05, 0) is 12.8 Å². The van der Waals surface area contributed by atoms with Crippen LogP contribution in [0.15, 0.2) is 24.3 Å². The molecule has 5 nitrogen and oxygen atoms in total. The first-order valence-electron chi connectivity index (χ1n) is 5.10. The number of carboxylic acid groups (broad SMARTS) is 1. The minimum Gasteiger partial charge on any atom is -0.478 e. The summed E-state index contributed by atoms with van der Waals surface area (Å²) < 4.78 is 4.88. The number of ether oxygens (including phenoxy) is 1. The highest BCUT2D eigenvalue weighted by atomic mass is 16.6. The van der Waals surface area contributed by atoms with Crippen LogP contribution in [-0.2, 0) is 9.53 Å². The fourth-order valence-electron chi connectivity index (χ4n) is 1.46. The minimum absolute atomic E-state index is 0.175. The maximum absolute atomic E-state index is 11.5. The predicted octanol–water partition coefficient (Wildman–Crippen LogP) is 1.42. The molecule has 0 aromatic carbocycles. The van der Waals surface area contributed by atoms with Crippen LogP contribution < -0.4 is 0 Å². The standard InChI is InChI=1S/C11H15NO4/c1-2-8-16-11(15)12-6-3-4-9(5-7-12)10(13)14/h2,4H,1,3,5-8H2,(H,13,14). The van der Waals surface area contributed by atoms with Crippen molar-refractivity contribution in [2.45, 2.75) is 12.8 Å². The number of nitrogens with zero attached hydrogens (tertiary/aromatic N) is 1. The van der Waals surface area contributed by atoms with Gasteiger partial charge in [0.25, 0.3) is 0 Å². The third-order valence-electron chi connectivity index (χ3n) is 2.30. The van der Waals surface area contributed by atoms with Crippen LogP contribution in [0.5, 0.6) is 0 Å². The van der Waals surface area contributed by atoms with Crippen LogP contribution in [0, 0.1) is 0 Å². The molecular formula is C11H15NO4. The van der Waals surface area contributed by atoms with Gasteiger partial charge in [0.15, 0.2) is 0 Å². The second-order valence-corrected chi connectivity index (χ2v) is 3.43. The van der Waals surface area contributed by atoms with E-state index in [-0.39, 0.29) is 6.61 Å². The Hall–Kier alpha value is -1.78. The molecule has 16 heavy (non-hydrogen) atoms. The van der Waals surface area contributed by atoms with E-state index in [0.717, 1.165) is 0 Å². The molecule has 1 aliphatic rings. The van der Waals surface area contributed by atoms with E-state index >= 15 is 0 Å². The Balaban J connectivity index is 2.47. The number of hydrogen-bond acceptors (Lipinski definition) is 3. The maximum atomic E-state index is 11.5. The second kappa shape index (κ2) is 5.95. The predicted molar refractivity (Wildman–Crippen MR) is 58.1 cm³/mol. The molecule has 0 aromatic rings. The van der Waals surface area contributed by atoms with E-state index in [9.17, 15) is 9.59 Å². The van der Waals surface area contributed by atoms with Crippen molar-refractivity contribution in [3.63, 3.8) is 0 Å². The lowest BCUT2D eigenvalue weighted by Gasteiger charge is -2.19. The maximum Gasteiger partial charge on any atom is 0.410 e. The third-order valence-corrected chi connectivity index (χ3v) is 2.30. The van der Waals surface area contributed by atoms with E-state index in [2.05, 4.69) is 6.58 Å². The quantitative estimate of drug-likeness (QED) is 0.737. The molecule has 1 heterocycles. The first kappa shape index (κ1) is 12.3. The molecule has 1 N–H and O–H groups in total. The SMILES string of the molecule is C=CCOC(=O)N1CCC=C(C(=O)O)CC1. The van der Waals surface area contributed by atoms with Gasteiger partial charge in [0, 0.05) is 18.7 Å². The van der Waals surface area contributed by atoms with Crippen molar-refractivity contribution in [1.29, 1.82) is 0 Å². The van der Waals surface area contributed by atoms with Gasteiger partial charge in [-0.2, -0.15) is 0 Å². The molecule has 0 saturated heterocycles. The first-order chi connectivity index (χ1) is 7.65. The van der Waals surface area contributed by atoms with E-state index in [1.54, 1.807) is 6.08 Å². The van der Waals surface area contributed by atoms with E-state index in [1.165, 1.54) is 11.0 Å². The summed E-state index contributed by atoms with van der Waals surface area (Å²) in [4.78, 5) is 23.7. The Morgan fingerprint density at radius 1 is 1.56 bits per heavy atom. The molecule has 0 aliphatic carbocycles. The second-order valence-electron chi connectivity index (χ2n) is 3.43. The molecular weight excluding hydrogens is 210 g/mol. The first-order valence-corrected chi connectivity index (χ1v) is 5.10. The molecule has 0 fully saturated rings. The largest absolute Gasteiger partial charge is 0.478 e. The van der Waals surface area contributed by atoms with Crippen LogP contribution in [0.1, 0.15) is 12.8 Å². The lowest BCUT2D eigenvalue weighted by molar-refractivity contribution is -0.132. The summed E-state index contributed by atoms with van der Waals surface area (Å²) in [6.07, 6.45) is 3.64. The van der Waals surface area contributed by atoms with E-state index in [0.29, 0.717) is 31.5 Å². The monoisotopic (exact) mass is 225 g/mol. The van der Waals surface area contributed by atoms with Gasteiger partial charge in [-0.1, -0.05) is 18.7 Å². The molecule has 1 aliphatic heterocycles. The molecule has 0 saturated carbocycles. The van der Waals surface area contributed by atoms with E-state index in [4.69, 9.17) is 9.84 Å². The lowest BCUT2D eigenvalue weighted by atomic mass is 10.2. The van der Waals surface area contributed by atoms with Gasteiger partial charge in [-0.3, -0.25) is 0 Å². The fraction of sp³-hybridized carbons (Fsp3) is 0.455. The minimum atomic E-state index is -0.915. The number of rotatable bonds is 3. The van der Waals surface area contributed by atoms with Crippen molar-refractivity contribution in [3.05, 3.63) is 24.3 Å². The van der Waals surface area contributed by atoms with Gasteiger partial charge in [0.05, 0.1) is 0 Å². The summed E-state index contributed by atoms with van der Waals surface area (Å²) >= 11 is 0. The van der Waals surface area contributed by atoms with Crippen LogP contribution in [-0.4, -0.2) is 41.8 Å². The summed E-state index contributed by atoms with van der Waals surface area (Å²) in [6.45, 7) is 4.50. The Kier molecular flexibility index (Phi) is 4.57. The molecule has 5 heteroatoms. The van der Waals surface area contributed by atoms with Gasteiger partial charge in [0.1, 0.15) is 6.61 Å². The molecule has 0 bridgehead atoms. The summed E-state index contributed by atoms with van der Waals surface area (Å²) in [6, 6.07) is 0. The van der Waals surface area contributed by atoms with Crippen molar-refractivity contribution in [2.24, 2.45) is 0 Å². The van der Waals surface area contributed by atoms with Gasteiger partial charge >= 0.3 is 12.1 Å². The Morgan fingerprint density at radius 2 is 2.31 bits per heavy atom. The number of carbonyl (C=O) groups excluding carboxylic acids is 1. The van der Waals surface area contributed by atoms with Crippen LogP contribution in [0.3, 0.4) is 0 Å². The zero-order valence-corrected chi connectivity index (χ0v) is 9.02. The number of aliphatic carboxylic acids is 1. The Morgan fingerprint density at radius 3 is 2.94 bits per heavy atom. The highest BCUT2D eigenvalue weighted by molar-refractivity contribution is 5.86. The summed E-state index contributed by atoms with van der Waals surface area (Å²) in [5, 5.41) is 8.81. The van der Waals surface area contributed by atoms with Crippen molar-refractivity contribution in [1.82, 2.24) is 4.90 Å². The molecule has 0 spiro atoms. The van der Waals surface area contributed by atoms with Crippen molar-refractivity contribution in [2.75, 3.05) is 19.7 Å². The normalized spacial score (nSPS) is 16.0. The zero-order valence-electron chi connectivity index (χ0n) is 9.02. The zero-order chi connectivity index (χ0) is 12.0. The molecule has 0 aromatic heterocycles. The highest BCUT2D eigenvalue weighted by Gasteiger charge is 2.19. The topological polar surface area (TPSA) is 66.8 Å². The number of carbonyl (C=O) groups is 2. The molecule has 88 valence electrons. The summed E-state index contributed by atoms with van der Waals surface area (Å²) in [5.74, 6) is -0.915. The van der Waals surface area contributed by atoms with Gasteiger partial charge in [-0.15, -0.1) is 0 Å². The third kappa shape index (κ3) is 3.42. The molecule has 0 radical (unpaired) electrons. The summed E-state index contributed by atoms with van der Waals surface area (Å²) in [5.41, 5.74) is 0.360. The van der Waals surface area contributed by atoms with Crippen molar-refractivity contribution < 1.29 is 19.4 Å². The lowest BCUT2D eigenvalue weighted by Crippen LogP contribution is -2.32. The van der Waals surface area contributed by atoms with Gasteiger partial charge < -0.3 is 14.7 Å². The molecule has 0 atom stereocenters. The van der Waals surface area contributed by atoms with Gasteiger partial charge in [-0.25, -0.2) is 9.59 Å². The smallest absolute Gasteiger partial charge is 0.410 e. The molecule has 1 rings (SSSR count). The summed E-state index contributed by atoms with van der Waals surface area (Å²) in [7, 11) is 0. The Bertz CT molecular complexity index is 322. The van der Waals surface area contributed by atoms with Crippen LogP contribution in [0.2, 0.25) is 0 Å². The molecule has 0 unspecified atom stereocenters. The number of carboxylic acids is 1. The number of amides is 1.